The molecule has 0 fully saturated rings. The Morgan fingerprint density at radius 2 is 1.81 bits per heavy atom. The number of rotatable bonds is 9. The standard InChI is InChI=1S/C15H24O/c1-3-5-7-9-10-12-14-15(16)13-11-8-6-4-2/h3,5,7-8,11-12,14-16H,1,4,6,9-10,13H2,2H3. The van der Waals surface area contributed by atoms with Crippen LogP contribution >= 0.6 is 0 Å². The molecule has 0 spiro atoms. The van der Waals surface area contributed by atoms with Gasteiger partial charge in [0.05, 0.1) is 6.10 Å². The third-order valence-corrected chi connectivity index (χ3v) is 2.13. The number of unbranched alkanes of at least 4 members (excludes halogenated alkanes) is 2. The van der Waals surface area contributed by atoms with Crippen molar-refractivity contribution in [2.24, 2.45) is 0 Å². The van der Waals surface area contributed by atoms with E-state index in [4.69, 9.17) is 0 Å². The Labute approximate surface area is 99.9 Å². The molecule has 90 valence electrons. The van der Waals surface area contributed by atoms with E-state index in [-0.39, 0.29) is 6.10 Å². The molecule has 1 unspecified atom stereocenters. The molecule has 1 N–H and O–H groups in total. The fourth-order valence-corrected chi connectivity index (χ4v) is 1.24. The van der Waals surface area contributed by atoms with E-state index in [9.17, 15) is 5.11 Å². The Morgan fingerprint density at radius 3 is 2.50 bits per heavy atom. The van der Waals surface area contributed by atoms with Crippen molar-refractivity contribution in [2.75, 3.05) is 0 Å². The minimum absolute atomic E-state index is 0.337. The molecule has 16 heavy (non-hydrogen) atoms. The normalized spacial score (nSPS) is 14.1. The van der Waals surface area contributed by atoms with E-state index < -0.39 is 0 Å². The van der Waals surface area contributed by atoms with Crippen LogP contribution in [0.15, 0.2) is 49.1 Å². The zero-order valence-corrected chi connectivity index (χ0v) is 10.3. The van der Waals surface area contributed by atoms with Crippen LogP contribution in [-0.2, 0) is 0 Å². The molecular weight excluding hydrogens is 196 g/mol. The lowest BCUT2D eigenvalue weighted by molar-refractivity contribution is 0.226. The van der Waals surface area contributed by atoms with Crippen LogP contribution < -0.4 is 0 Å². The summed E-state index contributed by atoms with van der Waals surface area (Å²) in [7, 11) is 0. The average molecular weight is 220 g/mol. The summed E-state index contributed by atoms with van der Waals surface area (Å²) in [4.78, 5) is 0. The van der Waals surface area contributed by atoms with Crippen LogP contribution in [0.5, 0.6) is 0 Å². The minimum Gasteiger partial charge on any atom is -0.389 e. The highest BCUT2D eigenvalue weighted by Crippen LogP contribution is 2.00. The van der Waals surface area contributed by atoms with E-state index in [0.29, 0.717) is 0 Å². The second kappa shape index (κ2) is 12.0. The number of aliphatic hydroxyl groups is 1. The third-order valence-electron chi connectivity index (χ3n) is 2.13. The Hall–Kier alpha value is -1.08. The van der Waals surface area contributed by atoms with Crippen molar-refractivity contribution < 1.29 is 5.11 Å². The van der Waals surface area contributed by atoms with Crippen molar-refractivity contribution in [1.82, 2.24) is 0 Å². The first-order valence-electron chi connectivity index (χ1n) is 6.08. The second-order valence-electron chi connectivity index (χ2n) is 3.73. The number of aliphatic hydroxyl groups excluding tert-OH is 1. The largest absolute Gasteiger partial charge is 0.389 e. The zero-order valence-electron chi connectivity index (χ0n) is 10.3. The quantitative estimate of drug-likeness (QED) is 0.351. The van der Waals surface area contributed by atoms with Crippen molar-refractivity contribution in [3.05, 3.63) is 49.1 Å². The van der Waals surface area contributed by atoms with E-state index in [1.54, 1.807) is 6.08 Å². The van der Waals surface area contributed by atoms with Crippen molar-refractivity contribution in [3.8, 4) is 0 Å². The summed E-state index contributed by atoms with van der Waals surface area (Å²) in [6.07, 6.45) is 18.5. The highest BCUT2D eigenvalue weighted by Gasteiger charge is 1.93. The van der Waals surface area contributed by atoms with Gasteiger partial charge in [-0.15, -0.1) is 0 Å². The predicted molar refractivity (Wildman–Crippen MR) is 72.4 cm³/mol. The summed E-state index contributed by atoms with van der Waals surface area (Å²) in [5.74, 6) is 0. The number of hydrogen-bond acceptors (Lipinski definition) is 1. The zero-order chi connectivity index (χ0) is 12.1. The summed E-state index contributed by atoms with van der Waals surface area (Å²) in [5.41, 5.74) is 0. The van der Waals surface area contributed by atoms with Gasteiger partial charge < -0.3 is 5.11 Å². The number of hydrogen-bond donors (Lipinski definition) is 1. The smallest absolute Gasteiger partial charge is 0.0755 e. The van der Waals surface area contributed by atoms with Crippen LogP contribution in [0.1, 0.15) is 39.0 Å². The molecule has 0 bridgehead atoms. The van der Waals surface area contributed by atoms with Gasteiger partial charge in [0.2, 0.25) is 0 Å². The molecule has 0 saturated heterocycles. The van der Waals surface area contributed by atoms with Crippen LogP contribution in [0.4, 0.5) is 0 Å². The molecule has 1 nitrogen and oxygen atoms in total. The fraction of sp³-hybridized carbons (Fsp3) is 0.467. The molecule has 0 aliphatic carbocycles. The summed E-state index contributed by atoms with van der Waals surface area (Å²) >= 11 is 0. The molecule has 0 aromatic carbocycles. The van der Waals surface area contributed by atoms with Gasteiger partial charge >= 0.3 is 0 Å². The lowest BCUT2D eigenvalue weighted by Gasteiger charge is -1.99. The van der Waals surface area contributed by atoms with E-state index in [1.807, 2.05) is 18.2 Å². The van der Waals surface area contributed by atoms with Gasteiger partial charge in [0.1, 0.15) is 0 Å². The maximum absolute atomic E-state index is 9.58. The van der Waals surface area contributed by atoms with Gasteiger partial charge in [-0.2, -0.15) is 0 Å². The highest BCUT2D eigenvalue weighted by atomic mass is 16.3. The molecule has 0 heterocycles. The maximum Gasteiger partial charge on any atom is 0.0755 e. The first kappa shape index (κ1) is 14.9. The van der Waals surface area contributed by atoms with Crippen LogP contribution in [0.2, 0.25) is 0 Å². The third kappa shape index (κ3) is 11.0. The summed E-state index contributed by atoms with van der Waals surface area (Å²) in [6.45, 7) is 5.75. The fourth-order valence-electron chi connectivity index (χ4n) is 1.24. The van der Waals surface area contributed by atoms with Gasteiger partial charge in [-0.25, -0.2) is 0 Å². The SMILES string of the molecule is C=CC=CCCC=CC(O)CC=CCCC. The lowest BCUT2D eigenvalue weighted by Crippen LogP contribution is -1.98. The molecule has 0 aliphatic heterocycles. The summed E-state index contributed by atoms with van der Waals surface area (Å²) in [5, 5.41) is 9.58. The molecule has 0 aromatic rings. The molecule has 0 rings (SSSR count). The van der Waals surface area contributed by atoms with Gasteiger partial charge in [0.15, 0.2) is 0 Å². The summed E-state index contributed by atoms with van der Waals surface area (Å²) < 4.78 is 0. The topological polar surface area (TPSA) is 20.2 Å². The lowest BCUT2D eigenvalue weighted by atomic mass is 10.2. The average Bonchev–Trinajstić information content (AvgIpc) is 2.29. The number of allylic oxidation sites excluding steroid dienone is 5. The molecule has 0 aliphatic rings. The second-order valence-corrected chi connectivity index (χ2v) is 3.73. The van der Waals surface area contributed by atoms with Gasteiger partial charge in [-0.3, -0.25) is 0 Å². The molecule has 1 heteroatoms. The van der Waals surface area contributed by atoms with Crippen molar-refractivity contribution >= 4 is 0 Å². The van der Waals surface area contributed by atoms with Gasteiger partial charge in [-0.1, -0.05) is 62.5 Å². The summed E-state index contributed by atoms with van der Waals surface area (Å²) in [6, 6.07) is 0. The molecular formula is C15H24O. The molecule has 0 radical (unpaired) electrons. The Kier molecular flexibility index (Phi) is 11.2. The van der Waals surface area contributed by atoms with Crippen LogP contribution in [0, 0.1) is 0 Å². The van der Waals surface area contributed by atoms with Gasteiger partial charge in [0, 0.05) is 0 Å². The van der Waals surface area contributed by atoms with Crippen molar-refractivity contribution in [1.29, 1.82) is 0 Å². The molecule has 1 atom stereocenters. The van der Waals surface area contributed by atoms with Crippen molar-refractivity contribution in [3.63, 3.8) is 0 Å². The Bertz CT molecular complexity index is 236. The molecule has 0 aromatic heterocycles. The van der Waals surface area contributed by atoms with Crippen LogP contribution in [0.3, 0.4) is 0 Å². The first-order chi connectivity index (χ1) is 7.81. The van der Waals surface area contributed by atoms with Crippen molar-refractivity contribution in [2.45, 2.75) is 45.1 Å². The highest BCUT2D eigenvalue weighted by molar-refractivity contribution is 4.99. The first-order valence-corrected chi connectivity index (χ1v) is 6.08. The molecule has 0 saturated carbocycles. The van der Waals surface area contributed by atoms with Gasteiger partial charge in [-0.05, 0) is 25.7 Å². The van der Waals surface area contributed by atoms with E-state index >= 15 is 0 Å². The van der Waals surface area contributed by atoms with Crippen LogP contribution in [-0.4, -0.2) is 11.2 Å². The van der Waals surface area contributed by atoms with Gasteiger partial charge in [0.25, 0.3) is 0 Å². The van der Waals surface area contributed by atoms with E-state index in [0.717, 1.165) is 32.1 Å². The maximum atomic E-state index is 9.58. The Morgan fingerprint density at radius 1 is 1.06 bits per heavy atom. The van der Waals surface area contributed by atoms with E-state index in [1.165, 1.54) is 0 Å². The van der Waals surface area contributed by atoms with Crippen LogP contribution in [0.25, 0.3) is 0 Å². The Balaban J connectivity index is 3.53. The minimum atomic E-state index is -0.337. The molecule has 0 amide bonds. The van der Waals surface area contributed by atoms with E-state index in [2.05, 4.69) is 31.7 Å². The predicted octanol–water partition coefficient (Wildman–Crippen LogP) is 4.17. The monoisotopic (exact) mass is 220 g/mol.